The molecule has 0 aliphatic heterocycles. The van der Waals surface area contributed by atoms with E-state index in [1.807, 2.05) is 30.3 Å². The first-order valence-corrected chi connectivity index (χ1v) is 6.60. The number of hydrogen-bond donors (Lipinski definition) is 1. The molecular formula is C15H18N2O3. The zero-order chi connectivity index (χ0) is 14.4. The summed E-state index contributed by atoms with van der Waals surface area (Å²) in [5.74, 6) is 0.323. The number of ether oxygens (including phenoxy) is 2. The van der Waals surface area contributed by atoms with Crippen molar-refractivity contribution in [1.82, 2.24) is 4.98 Å². The lowest BCUT2D eigenvalue weighted by molar-refractivity contribution is -0.145. The van der Waals surface area contributed by atoms with E-state index >= 15 is 0 Å². The number of pyridine rings is 1. The second-order valence-corrected chi connectivity index (χ2v) is 4.35. The summed E-state index contributed by atoms with van der Waals surface area (Å²) in [6.07, 6.45) is 2.15. The van der Waals surface area contributed by atoms with Gasteiger partial charge in [-0.3, -0.25) is 9.78 Å². The molecule has 106 valence electrons. The Balaban J connectivity index is 1.88. The zero-order valence-electron chi connectivity index (χ0n) is 11.4. The molecule has 0 spiro atoms. The number of nitrogens with two attached hydrogens (primary N) is 1. The predicted octanol–water partition coefficient (Wildman–Crippen LogP) is 1.89. The van der Waals surface area contributed by atoms with Crippen LogP contribution in [0, 0.1) is 0 Å². The third-order valence-corrected chi connectivity index (χ3v) is 2.86. The average molecular weight is 274 g/mol. The zero-order valence-corrected chi connectivity index (χ0v) is 11.4. The van der Waals surface area contributed by atoms with Gasteiger partial charge in [0.2, 0.25) is 0 Å². The molecule has 0 saturated heterocycles. The summed E-state index contributed by atoms with van der Waals surface area (Å²) >= 11 is 0. The predicted molar refractivity (Wildman–Crippen MR) is 76.5 cm³/mol. The first kappa shape index (κ1) is 14.3. The number of aromatic nitrogens is 1. The summed E-state index contributed by atoms with van der Waals surface area (Å²) < 4.78 is 10.4. The van der Waals surface area contributed by atoms with Crippen molar-refractivity contribution in [3.8, 4) is 5.75 Å². The highest BCUT2D eigenvalue weighted by Crippen LogP contribution is 2.18. The Morgan fingerprint density at radius 3 is 3.05 bits per heavy atom. The van der Waals surface area contributed by atoms with E-state index in [9.17, 15) is 4.79 Å². The summed E-state index contributed by atoms with van der Waals surface area (Å²) in [5, 5.41) is 1.06. The molecule has 0 bridgehead atoms. The lowest BCUT2D eigenvalue weighted by Gasteiger charge is -2.11. The number of carbonyl (C=O) groups is 1. The number of carbonyl (C=O) groups excluding carboxylic acids is 1. The first-order valence-electron chi connectivity index (χ1n) is 6.60. The lowest BCUT2D eigenvalue weighted by atomic mass is 10.2. The van der Waals surface area contributed by atoms with Crippen molar-refractivity contribution in [2.75, 3.05) is 13.2 Å². The van der Waals surface area contributed by atoms with E-state index in [1.54, 1.807) is 13.1 Å². The topological polar surface area (TPSA) is 74.4 Å². The maximum absolute atomic E-state index is 11.3. The van der Waals surface area contributed by atoms with Gasteiger partial charge in [-0.15, -0.1) is 0 Å². The SMILES string of the molecule is CCOC(=O)C(N)CCOc1ccc2cccnc2c1. The number of fused-ring (bicyclic) bond motifs is 1. The minimum Gasteiger partial charge on any atom is -0.493 e. The second-order valence-electron chi connectivity index (χ2n) is 4.35. The molecule has 1 atom stereocenters. The average Bonchev–Trinajstić information content (AvgIpc) is 2.47. The second kappa shape index (κ2) is 6.86. The maximum atomic E-state index is 11.3. The number of esters is 1. The van der Waals surface area contributed by atoms with Gasteiger partial charge < -0.3 is 15.2 Å². The van der Waals surface area contributed by atoms with Gasteiger partial charge in [-0.05, 0) is 25.1 Å². The minimum absolute atomic E-state index is 0.337. The van der Waals surface area contributed by atoms with Crippen LogP contribution in [0.4, 0.5) is 0 Å². The van der Waals surface area contributed by atoms with Gasteiger partial charge >= 0.3 is 5.97 Å². The molecule has 0 fully saturated rings. The molecule has 0 radical (unpaired) electrons. The van der Waals surface area contributed by atoms with Gasteiger partial charge in [-0.1, -0.05) is 6.07 Å². The van der Waals surface area contributed by atoms with Gasteiger partial charge in [0.15, 0.2) is 0 Å². The van der Waals surface area contributed by atoms with Crippen molar-refractivity contribution in [2.45, 2.75) is 19.4 Å². The molecular weight excluding hydrogens is 256 g/mol. The van der Waals surface area contributed by atoms with Crippen LogP contribution in [-0.2, 0) is 9.53 Å². The maximum Gasteiger partial charge on any atom is 0.323 e. The van der Waals surface area contributed by atoms with Crippen molar-refractivity contribution >= 4 is 16.9 Å². The highest BCUT2D eigenvalue weighted by molar-refractivity contribution is 5.79. The van der Waals surface area contributed by atoms with Gasteiger partial charge in [0.1, 0.15) is 11.8 Å². The fourth-order valence-corrected chi connectivity index (χ4v) is 1.81. The molecule has 0 amide bonds. The molecule has 5 nitrogen and oxygen atoms in total. The van der Waals surface area contributed by atoms with Gasteiger partial charge in [0, 0.05) is 24.1 Å². The molecule has 1 heterocycles. The van der Waals surface area contributed by atoms with E-state index in [4.69, 9.17) is 15.2 Å². The van der Waals surface area contributed by atoms with Gasteiger partial charge in [-0.2, -0.15) is 0 Å². The number of nitrogens with zero attached hydrogens (tertiary/aromatic N) is 1. The number of rotatable bonds is 6. The van der Waals surface area contributed by atoms with E-state index in [1.165, 1.54) is 0 Å². The molecule has 20 heavy (non-hydrogen) atoms. The Kier molecular flexibility index (Phi) is 4.90. The van der Waals surface area contributed by atoms with Gasteiger partial charge in [-0.25, -0.2) is 0 Å². The summed E-state index contributed by atoms with van der Waals surface area (Å²) in [5.41, 5.74) is 6.57. The third kappa shape index (κ3) is 3.68. The number of hydrogen-bond acceptors (Lipinski definition) is 5. The summed E-state index contributed by atoms with van der Waals surface area (Å²) in [6.45, 7) is 2.45. The molecule has 2 rings (SSSR count). The van der Waals surface area contributed by atoms with Crippen molar-refractivity contribution in [2.24, 2.45) is 5.73 Å². The van der Waals surface area contributed by atoms with Gasteiger partial charge in [0.05, 0.1) is 18.7 Å². The molecule has 2 aromatic rings. The normalized spacial score (nSPS) is 12.1. The van der Waals surface area contributed by atoms with E-state index in [-0.39, 0.29) is 0 Å². The van der Waals surface area contributed by atoms with Crippen molar-refractivity contribution in [3.63, 3.8) is 0 Å². The smallest absolute Gasteiger partial charge is 0.323 e. The Morgan fingerprint density at radius 2 is 2.25 bits per heavy atom. The molecule has 2 N–H and O–H groups in total. The standard InChI is InChI=1S/C15H18N2O3/c1-2-19-15(18)13(16)7-9-20-12-6-5-11-4-3-8-17-14(11)10-12/h3-6,8,10,13H,2,7,9,16H2,1H3. The van der Waals surface area contributed by atoms with Crippen LogP contribution in [0.2, 0.25) is 0 Å². The summed E-state index contributed by atoms with van der Waals surface area (Å²) in [6, 6.07) is 8.92. The van der Waals surface area contributed by atoms with E-state index < -0.39 is 12.0 Å². The van der Waals surface area contributed by atoms with Crippen LogP contribution in [0.5, 0.6) is 5.75 Å². The molecule has 1 aromatic heterocycles. The third-order valence-electron chi connectivity index (χ3n) is 2.86. The summed E-state index contributed by atoms with van der Waals surface area (Å²) in [7, 11) is 0. The van der Waals surface area contributed by atoms with Crippen LogP contribution in [0.1, 0.15) is 13.3 Å². The quantitative estimate of drug-likeness (QED) is 0.814. The number of benzene rings is 1. The molecule has 1 unspecified atom stereocenters. The lowest BCUT2D eigenvalue weighted by Crippen LogP contribution is -2.33. The largest absolute Gasteiger partial charge is 0.493 e. The van der Waals surface area contributed by atoms with E-state index in [0.717, 1.165) is 10.9 Å². The Morgan fingerprint density at radius 1 is 1.40 bits per heavy atom. The Labute approximate surface area is 117 Å². The van der Waals surface area contributed by atoms with Crippen LogP contribution in [0.15, 0.2) is 36.5 Å². The fourth-order valence-electron chi connectivity index (χ4n) is 1.81. The monoisotopic (exact) mass is 274 g/mol. The highest BCUT2D eigenvalue weighted by Gasteiger charge is 2.14. The van der Waals surface area contributed by atoms with Crippen molar-refractivity contribution < 1.29 is 14.3 Å². The first-order chi connectivity index (χ1) is 9.70. The van der Waals surface area contributed by atoms with Gasteiger partial charge in [0.25, 0.3) is 0 Å². The molecule has 0 aliphatic rings. The van der Waals surface area contributed by atoms with E-state index in [2.05, 4.69) is 4.98 Å². The van der Waals surface area contributed by atoms with Crippen LogP contribution < -0.4 is 10.5 Å². The van der Waals surface area contributed by atoms with Crippen LogP contribution in [0.3, 0.4) is 0 Å². The molecule has 0 aliphatic carbocycles. The molecule has 0 saturated carbocycles. The van der Waals surface area contributed by atoms with E-state index in [0.29, 0.717) is 25.4 Å². The van der Waals surface area contributed by atoms with Crippen molar-refractivity contribution in [3.05, 3.63) is 36.5 Å². The summed E-state index contributed by atoms with van der Waals surface area (Å²) in [4.78, 5) is 15.6. The van der Waals surface area contributed by atoms with Crippen LogP contribution in [-0.4, -0.2) is 30.2 Å². The van der Waals surface area contributed by atoms with Crippen LogP contribution in [0.25, 0.3) is 10.9 Å². The Bertz CT molecular complexity index is 586. The molecule has 5 heteroatoms. The van der Waals surface area contributed by atoms with Crippen LogP contribution >= 0.6 is 0 Å². The van der Waals surface area contributed by atoms with Crippen molar-refractivity contribution in [1.29, 1.82) is 0 Å². The molecule has 1 aromatic carbocycles. The Hall–Kier alpha value is -2.14. The fraction of sp³-hybridized carbons (Fsp3) is 0.333. The minimum atomic E-state index is -0.645. The highest BCUT2D eigenvalue weighted by atomic mass is 16.5.